The van der Waals surface area contributed by atoms with Crippen LogP contribution in [0.4, 0.5) is 8.78 Å². The van der Waals surface area contributed by atoms with E-state index in [2.05, 4.69) is 15.9 Å². The van der Waals surface area contributed by atoms with Gasteiger partial charge in [-0.2, -0.15) is 20.5 Å². The van der Waals surface area contributed by atoms with E-state index in [0.717, 1.165) is 11.8 Å². The van der Waals surface area contributed by atoms with E-state index in [9.17, 15) is 8.78 Å². The van der Waals surface area contributed by atoms with E-state index >= 15 is 0 Å². The van der Waals surface area contributed by atoms with Gasteiger partial charge in [0, 0.05) is 5.75 Å². The van der Waals surface area contributed by atoms with Crippen molar-refractivity contribution in [3.05, 3.63) is 12.2 Å². The van der Waals surface area contributed by atoms with Gasteiger partial charge in [-0.3, -0.25) is 0 Å². The highest BCUT2D eigenvalue weighted by Gasteiger charge is 2.17. The van der Waals surface area contributed by atoms with E-state index in [1.807, 2.05) is 6.92 Å². The highest BCUT2D eigenvalue weighted by Crippen LogP contribution is 2.22. The Morgan fingerprint density at radius 2 is 2.20 bits per heavy atom. The summed E-state index contributed by atoms with van der Waals surface area (Å²) in [7, 11) is 0. The summed E-state index contributed by atoms with van der Waals surface area (Å²) < 4.78 is 23.9. The Kier molecular flexibility index (Phi) is 5.35. The maximum absolute atomic E-state index is 12.0. The molecular formula is C6H9BrF2S. The third-order valence-electron chi connectivity index (χ3n) is 0.725. The molecule has 0 saturated carbocycles. The molecule has 0 aromatic carbocycles. The summed E-state index contributed by atoms with van der Waals surface area (Å²) in [5.41, 5.74) is 0. The number of rotatable bonds is 4. The van der Waals surface area contributed by atoms with Crippen LogP contribution in [-0.4, -0.2) is 16.3 Å². The first-order valence-electron chi connectivity index (χ1n) is 2.88. The van der Waals surface area contributed by atoms with E-state index in [1.165, 1.54) is 6.08 Å². The predicted molar refractivity (Wildman–Crippen MR) is 46.0 cm³/mol. The molecule has 0 heterocycles. The highest BCUT2D eigenvalue weighted by molar-refractivity contribution is 9.10. The fourth-order valence-corrected chi connectivity index (χ4v) is 1.02. The minimum Gasteiger partial charge on any atom is -0.189 e. The van der Waals surface area contributed by atoms with E-state index in [4.69, 9.17) is 0 Å². The number of allylic oxidation sites excluding steroid dienone is 1. The second-order valence-corrected chi connectivity index (χ2v) is 3.98. The van der Waals surface area contributed by atoms with Gasteiger partial charge in [0.15, 0.2) is 0 Å². The molecule has 0 unspecified atom stereocenters. The summed E-state index contributed by atoms with van der Waals surface area (Å²) in [4.78, 5) is -2.83. The fraction of sp³-hybridized carbons (Fsp3) is 0.667. The van der Waals surface area contributed by atoms with Gasteiger partial charge in [0.2, 0.25) is 0 Å². The Bertz CT molecular complexity index is 109. The number of alkyl halides is 3. The standard InChI is InChI=1S/C6H9BrF2S/c1-2-10-5-3-4-6(7,8)9/h3-4H,2,5H2,1H3/b4-3+. The molecule has 0 aliphatic rings. The fourth-order valence-electron chi connectivity index (χ4n) is 0.368. The predicted octanol–water partition coefficient (Wildman–Crippen LogP) is 3.28. The summed E-state index contributed by atoms with van der Waals surface area (Å²) in [6.45, 7) is 1.99. The van der Waals surface area contributed by atoms with Gasteiger partial charge >= 0.3 is 4.83 Å². The molecular weight excluding hydrogens is 222 g/mol. The Morgan fingerprint density at radius 3 is 2.60 bits per heavy atom. The molecule has 0 aromatic heterocycles. The van der Waals surface area contributed by atoms with Gasteiger partial charge in [-0.1, -0.05) is 13.0 Å². The van der Waals surface area contributed by atoms with E-state index in [1.54, 1.807) is 11.8 Å². The van der Waals surface area contributed by atoms with Crippen molar-refractivity contribution in [2.75, 3.05) is 11.5 Å². The molecule has 0 nitrogen and oxygen atoms in total. The molecule has 60 valence electrons. The lowest BCUT2D eigenvalue weighted by atomic mass is 10.5. The lowest BCUT2D eigenvalue weighted by Crippen LogP contribution is -1.97. The highest BCUT2D eigenvalue weighted by atomic mass is 79.9. The summed E-state index contributed by atoms with van der Waals surface area (Å²) in [6, 6.07) is 0. The molecule has 0 rings (SSSR count). The summed E-state index contributed by atoms with van der Waals surface area (Å²) in [5.74, 6) is 1.61. The zero-order valence-electron chi connectivity index (χ0n) is 5.61. The van der Waals surface area contributed by atoms with Crippen molar-refractivity contribution in [3.8, 4) is 0 Å². The number of hydrogen-bond acceptors (Lipinski definition) is 1. The molecule has 0 bridgehead atoms. The molecule has 0 spiro atoms. The van der Waals surface area contributed by atoms with Crippen LogP contribution in [0.5, 0.6) is 0 Å². The molecule has 0 amide bonds. The van der Waals surface area contributed by atoms with Crippen LogP contribution in [0.15, 0.2) is 12.2 Å². The molecule has 4 heteroatoms. The number of halogens is 3. The smallest absolute Gasteiger partial charge is 0.189 e. The average Bonchev–Trinajstić information content (AvgIpc) is 1.78. The normalized spacial score (nSPS) is 12.8. The van der Waals surface area contributed by atoms with Crippen LogP contribution in [0.1, 0.15) is 6.92 Å². The zero-order chi connectivity index (χ0) is 8.04. The van der Waals surface area contributed by atoms with Crippen LogP contribution in [0.25, 0.3) is 0 Å². The third-order valence-corrected chi connectivity index (χ3v) is 1.83. The molecule has 0 aromatic rings. The zero-order valence-corrected chi connectivity index (χ0v) is 8.01. The van der Waals surface area contributed by atoms with Crippen molar-refractivity contribution < 1.29 is 8.78 Å². The Labute approximate surface area is 72.2 Å². The third kappa shape index (κ3) is 8.43. The Hall–Kier alpha value is 0.430. The SMILES string of the molecule is CCSC/C=C/C(F)(F)Br. The molecule has 0 fully saturated rings. The molecule has 0 saturated heterocycles. The molecule has 0 radical (unpaired) electrons. The average molecular weight is 231 g/mol. The second kappa shape index (κ2) is 5.13. The minimum atomic E-state index is -2.83. The lowest BCUT2D eigenvalue weighted by molar-refractivity contribution is 0.171. The maximum atomic E-state index is 12.0. The number of hydrogen-bond donors (Lipinski definition) is 0. The Morgan fingerprint density at radius 1 is 1.60 bits per heavy atom. The van der Waals surface area contributed by atoms with Crippen molar-refractivity contribution in [2.45, 2.75) is 11.8 Å². The molecule has 0 N–H and O–H groups in total. The van der Waals surface area contributed by atoms with Crippen LogP contribution in [-0.2, 0) is 0 Å². The van der Waals surface area contributed by atoms with Crippen molar-refractivity contribution in [3.63, 3.8) is 0 Å². The van der Waals surface area contributed by atoms with Crippen molar-refractivity contribution in [1.29, 1.82) is 0 Å². The topological polar surface area (TPSA) is 0 Å². The summed E-state index contributed by atoms with van der Waals surface area (Å²) in [6.07, 6.45) is 2.32. The first-order valence-corrected chi connectivity index (χ1v) is 4.83. The Balaban J connectivity index is 3.37. The minimum absolute atomic E-state index is 0.650. The van der Waals surface area contributed by atoms with Crippen molar-refractivity contribution in [2.24, 2.45) is 0 Å². The lowest BCUT2D eigenvalue weighted by Gasteiger charge is -1.98. The van der Waals surface area contributed by atoms with E-state index in [0.29, 0.717) is 5.75 Å². The van der Waals surface area contributed by atoms with Crippen LogP contribution in [0.3, 0.4) is 0 Å². The van der Waals surface area contributed by atoms with Gasteiger partial charge < -0.3 is 0 Å². The molecule has 0 aliphatic carbocycles. The molecule has 0 atom stereocenters. The first-order chi connectivity index (χ1) is 4.56. The quantitative estimate of drug-likeness (QED) is 0.406. The van der Waals surface area contributed by atoms with Crippen molar-refractivity contribution >= 4 is 27.7 Å². The summed E-state index contributed by atoms with van der Waals surface area (Å²) in [5, 5.41) is 0. The molecule has 10 heavy (non-hydrogen) atoms. The van der Waals surface area contributed by atoms with Gasteiger partial charge in [-0.25, -0.2) is 0 Å². The van der Waals surface area contributed by atoms with Gasteiger partial charge in [-0.15, -0.1) is 0 Å². The molecule has 0 aliphatic heterocycles. The van der Waals surface area contributed by atoms with Crippen molar-refractivity contribution in [1.82, 2.24) is 0 Å². The van der Waals surface area contributed by atoms with Gasteiger partial charge in [0.1, 0.15) is 0 Å². The van der Waals surface area contributed by atoms with Crippen LogP contribution in [0, 0.1) is 0 Å². The van der Waals surface area contributed by atoms with Gasteiger partial charge in [0.25, 0.3) is 0 Å². The van der Waals surface area contributed by atoms with Crippen LogP contribution >= 0.6 is 27.7 Å². The van der Waals surface area contributed by atoms with Crippen LogP contribution < -0.4 is 0 Å². The van der Waals surface area contributed by atoms with Gasteiger partial charge in [0.05, 0.1) is 0 Å². The largest absolute Gasteiger partial charge is 0.319 e. The van der Waals surface area contributed by atoms with Gasteiger partial charge in [-0.05, 0) is 27.8 Å². The van der Waals surface area contributed by atoms with E-state index in [-0.39, 0.29) is 0 Å². The second-order valence-electron chi connectivity index (χ2n) is 1.60. The van der Waals surface area contributed by atoms with Crippen LogP contribution in [0.2, 0.25) is 0 Å². The first kappa shape index (κ1) is 10.4. The summed E-state index contributed by atoms with van der Waals surface area (Å²) >= 11 is 3.81. The monoisotopic (exact) mass is 230 g/mol. The van der Waals surface area contributed by atoms with E-state index < -0.39 is 4.83 Å². The number of thioether (sulfide) groups is 1. The maximum Gasteiger partial charge on any atom is 0.319 e.